The van der Waals surface area contributed by atoms with Crippen molar-refractivity contribution in [1.82, 2.24) is 9.97 Å². The second kappa shape index (κ2) is 24.4. The Morgan fingerprint density at radius 3 is 1.59 bits per heavy atom. The van der Waals surface area contributed by atoms with Gasteiger partial charge in [0.1, 0.15) is 11.5 Å². The Morgan fingerprint density at radius 2 is 1.15 bits per heavy atom. The molecule has 0 radical (unpaired) electrons. The molecular weight excluding hydrogens is 956 g/mol. The second-order valence-corrected chi connectivity index (χ2v) is 14.1. The van der Waals surface area contributed by atoms with Gasteiger partial charge >= 0.3 is 59.1 Å². The summed E-state index contributed by atoms with van der Waals surface area (Å²) in [4.78, 5) is 7.95. The number of H-pyrrole nitrogens is 1. The average Bonchev–Trinajstić information content (AvgIpc) is 3.51. The molecule has 0 aliphatic rings. The van der Waals surface area contributed by atoms with Crippen molar-refractivity contribution in [2.45, 2.75) is 25.7 Å². The van der Waals surface area contributed by atoms with E-state index in [1.807, 2.05) is 103 Å². The standard InChI is InChI=1S/C18H15O2PS.C7H5N2.C6H15P.2Au.ClH/c1-4-10-16(11-5-1)19-21(20-17-12-6-2-7-13-17)22-18-14-8-3-9-15-18;1-2-4-7-6(3-1)8-5-9-7;1-4-7(5-2)6-3;;;/h1-15H;1-4H,(H,8,9);4-6H2,1-3H3;;;1H/q;-1;;2*+1;/p-1. The van der Waals surface area contributed by atoms with E-state index >= 15 is 0 Å². The van der Waals surface area contributed by atoms with E-state index in [0.29, 0.717) is 7.92 Å². The maximum atomic E-state index is 6.03. The van der Waals surface area contributed by atoms with Gasteiger partial charge in [0, 0.05) is 4.90 Å². The van der Waals surface area contributed by atoms with Gasteiger partial charge in [-0.2, -0.15) is 0 Å². The summed E-state index contributed by atoms with van der Waals surface area (Å²) in [6, 6.07) is 37.5. The zero-order valence-electron chi connectivity index (χ0n) is 23.1. The van der Waals surface area contributed by atoms with E-state index in [2.05, 4.69) is 58.4 Å². The van der Waals surface area contributed by atoms with Crippen LogP contribution < -0.4 is 9.05 Å². The molecule has 1 heterocycles. The van der Waals surface area contributed by atoms with Crippen LogP contribution in [0, 0.1) is 6.33 Å². The van der Waals surface area contributed by atoms with Gasteiger partial charge in [-0.05, 0) is 72.6 Å². The van der Waals surface area contributed by atoms with Crippen molar-refractivity contribution in [1.29, 1.82) is 0 Å². The number of para-hydroxylation sites is 4. The third-order valence-electron chi connectivity index (χ3n) is 5.38. The number of aromatic amines is 1. The van der Waals surface area contributed by atoms with Gasteiger partial charge < -0.3 is 19.0 Å². The molecule has 41 heavy (non-hydrogen) atoms. The predicted octanol–water partition coefficient (Wildman–Crippen LogP) is 10.7. The largest absolute Gasteiger partial charge is 0.461 e. The summed E-state index contributed by atoms with van der Waals surface area (Å²) < 4.78 is 12.1. The minimum absolute atomic E-state index is 0. The van der Waals surface area contributed by atoms with Crippen LogP contribution in [-0.4, -0.2) is 28.5 Å². The Balaban J connectivity index is 0.000000364. The molecule has 0 aliphatic heterocycles. The zero-order valence-corrected chi connectivity index (χ0v) is 30.8. The van der Waals surface area contributed by atoms with Gasteiger partial charge in [0.2, 0.25) is 0 Å². The first-order chi connectivity index (χ1) is 19.7. The summed E-state index contributed by atoms with van der Waals surface area (Å²) in [7, 11) is 3.86. The smallest absolute Gasteiger partial charge is 0.365 e. The Kier molecular flexibility index (Phi) is 22.6. The fourth-order valence-electron chi connectivity index (χ4n) is 3.25. The molecular formula is C31H35Au2ClN2O2P2S. The van der Waals surface area contributed by atoms with Crippen molar-refractivity contribution in [2.24, 2.45) is 0 Å². The fourth-order valence-corrected chi connectivity index (χ4v) is 7.37. The Labute approximate surface area is 283 Å². The van der Waals surface area contributed by atoms with Gasteiger partial charge in [-0.15, -0.1) is 20.1 Å². The Morgan fingerprint density at radius 1 is 0.707 bits per heavy atom. The molecule has 0 bridgehead atoms. The minimum Gasteiger partial charge on any atom is -0.461 e. The van der Waals surface area contributed by atoms with Crippen LogP contribution >= 0.6 is 36.1 Å². The van der Waals surface area contributed by atoms with Gasteiger partial charge in [-0.3, -0.25) is 0 Å². The maximum Gasteiger partial charge on any atom is 0.365 e. The molecule has 0 spiro atoms. The van der Waals surface area contributed by atoms with Crippen LogP contribution in [0.15, 0.2) is 120 Å². The Hall–Kier alpha value is -1.07. The summed E-state index contributed by atoms with van der Waals surface area (Å²) in [5.74, 6) is 1.63. The number of aromatic nitrogens is 2. The van der Waals surface area contributed by atoms with Crippen LogP contribution in [0.5, 0.6) is 11.5 Å². The van der Waals surface area contributed by atoms with Gasteiger partial charge in [0.15, 0.2) is 0 Å². The number of hydrogen-bond donors (Lipinski definition) is 1. The summed E-state index contributed by atoms with van der Waals surface area (Å²) in [5.41, 5.74) is 2.01. The van der Waals surface area contributed by atoms with Crippen LogP contribution in [-0.2, 0) is 42.4 Å². The molecule has 0 amide bonds. The number of imidazole rings is 1. The topological polar surface area (TPSA) is 47.1 Å². The number of benzene rings is 4. The van der Waals surface area contributed by atoms with E-state index in [0.717, 1.165) is 27.4 Å². The molecule has 0 unspecified atom stereocenters. The quantitative estimate of drug-likeness (QED) is 0.0908. The summed E-state index contributed by atoms with van der Waals surface area (Å²) >= 11 is 3.35. The van der Waals surface area contributed by atoms with Crippen LogP contribution in [0.2, 0.25) is 0 Å². The second-order valence-electron chi connectivity index (χ2n) is 7.92. The van der Waals surface area contributed by atoms with Crippen molar-refractivity contribution in [2.75, 3.05) is 18.5 Å². The van der Waals surface area contributed by atoms with E-state index < -0.39 is 7.58 Å². The number of nitrogens with one attached hydrogen (secondary N) is 1. The molecule has 5 rings (SSSR count). The van der Waals surface area contributed by atoms with Crippen LogP contribution in [0.3, 0.4) is 0 Å². The summed E-state index contributed by atoms with van der Waals surface area (Å²) in [6.45, 7) is 6.87. The molecule has 4 aromatic carbocycles. The molecule has 1 aromatic heterocycles. The molecule has 5 aromatic rings. The predicted molar refractivity (Wildman–Crippen MR) is 173 cm³/mol. The normalized spacial score (nSPS) is 9.76. The Bertz CT molecular complexity index is 1150. The summed E-state index contributed by atoms with van der Waals surface area (Å²) in [5, 5.41) is 0. The van der Waals surface area contributed by atoms with E-state index in [1.54, 1.807) is 31.4 Å². The van der Waals surface area contributed by atoms with Gasteiger partial charge in [-0.25, -0.2) is 0 Å². The van der Waals surface area contributed by atoms with E-state index in [9.17, 15) is 0 Å². The molecule has 10 heteroatoms. The number of nitrogens with zero attached hydrogens (tertiary/aromatic N) is 1. The molecule has 0 fully saturated rings. The van der Waals surface area contributed by atoms with Crippen molar-refractivity contribution >= 4 is 47.1 Å². The molecule has 4 nitrogen and oxygen atoms in total. The SMILES string of the molecule is CCP(CC)CC.[Au+].[Cl][Au].[c-]1nc2ccccc2[nH]1.c1ccc(OP(Oc2ccccc2)Sc2ccccc2)cc1. The molecule has 0 saturated carbocycles. The number of fused-ring (bicyclic) bond motifs is 1. The average molecular weight is 991 g/mol. The summed E-state index contributed by atoms with van der Waals surface area (Å²) in [6.07, 6.45) is 6.92. The number of rotatable bonds is 9. The molecule has 1 N–H and O–H groups in total. The van der Waals surface area contributed by atoms with Crippen LogP contribution in [0.4, 0.5) is 0 Å². The van der Waals surface area contributed by atoms with Crippen molar-refractivity contribution in [3.8, 4) is 11.5 Å². The van der Waals surface area contributed by atoms with Crippen LogP contribution in [0.25, 0.3) is 11.0 Å². The first kappa shape index (κ1) is 38.0. The van der Waals surface area contributed by atoms with Crippen molar-refractivity contribution in [3.05, 3.63) is 122 Å². The van der Waals surface area contributed by atoms with Gasteiger partial charge in [-0.1, -0.05) is 98.5 Å². The zero-order chi connectivity index (χ0) is 28.8. The van der Waals surface area contributed by atoms with Crippen LogP contribution in [0.1, 0.15) is 20.8 Å². The van der Waals surface area contributed by atoms with E-state index in [-0.39, 0.29) is 22.4 Å². The van der Waals surface area contributed by atoms with Gasteiger partial charge in [0.05, 0.1) is 0 Å². The molecule has 0 saturated heterocycles. The first-order valence-electron chi connectivity index (χ1n) is 12.9. The van der Waals surface area contributed by atoms with Gasteiger partial charge in [0.25, 0.3) is 0 Å². The monoisotopic (exact) mass is 990 g/mol. The molecule has 0 aliphatic carbocycles. The number of halogens is 1. The minimum atomic E-state index is -1.17. The number of hydrogen-bond acceptors (Lipinski definition) is 4. The van der Waals surface area contributed by atoms with Crippen molar-refractivity contribution < 1.29 is 51.4 Å². The van der Waals surface area contributed by atoms with E-state index in [4.69, 9.17) is 9.05 Å². The first-order valence-corrected chi connectivity index (χ1v) is 20.0. The molecule has 226 valence electrons. The third kappa shape index (κ3) is 15.8. The van der Waals surface area contributed by atoms with E-state index in [1.165, 1.54) is 18.5 Å². The maximum absolute atomic E-state index is 6.03. The van der Waals surface area contributed by atoms with Crippen molar-refractivity contribution in [3.63, 3.8) is 0 Å². The molecule has 0 atom stereocenters. The third-order valence-corrected chi connectivity index (χ3v) is 10.9. The fraction of sp³-hybridized carbons (Fsp3) is 0.194.